The lowest BCUT2D eigenvalue weighted by atomic mass is 9.74. The number of nitrogens with one attached hydrogen (secondary N) is 1. The van der Waals surface area contributed by atoms with E-state index in [-0.39, 0.29) is 5.91 Å². The van der Waals surface area contributed by atoms with Crippen LogP contribution in [0.4, 0.5) is 5.69 Å². The fourth-order valence-electron chi connectivity index (χ4n) is 2.52. The van der Waals surface area contributed by atoms with Gasteiger partial charge in [-0.05, 0) is 37.5 Å². The minimum absolute atomic E-state index is 0.220. The van der Waals surface area contributed by atoms with Crippen LogP contribution in [0.3, 0.4) is 0 Å². The summed E-state index contributed by atoms with van der Waals surface area (Å²) in [5, 5.41) is 12.7. The van der Waals surface area contributed by atoms with Crippen molar-refractivity contribution < 1.29 is 4.79 Å². The molecule has 0 radical (unpaired) electrons. The number of carbonyl (C=O) groups excluding carboxylic acids is 1. The Labute approximate surface area is 118 Å². The van der Waals surface area contributed by atoms with Gasteiger partial charge in [-0.2, -0.15) is 5.26 Å². The van der Waals surface area contributed by atoms with Crippen LogP contribution in [0, 0.1) is 23.7 Å². The molecule has 0 aliphatic heterocycles. The number of rotatable bonds is 2. The number of nitriles is 1. The fraction of sp³-hybridized carbons (Fsp3) is 0.467. The van der Waals surface area contributed by atoms with E-state index in [1.54, 1.807) is 6.07 Å². The zero-order valence-electron chi connectivity index (χ0n) is 11.0. The molecule has 1 aromatic carbocycles. The van der Waals surface area contributed by atoms with Gasteiger partial charge in [0.15, 0.2) is 0 Å². The summed E-state index contributed by atoms with van der Waals surface area (Å²) in [7, 11) is 0. The largest absolute Gasteiger partial charge is 0.323 e. The lowest BCUT2D eigenvalue weighted by Crippen LogP contribution is -2.36. The van der Waals surface area contributed by atoms with E-state index < -0.39 is 5.41 Å². The standard InChI is InChI=1S/C15H17ClN2O/c1-11-5-6-12(16)13(9-11)18-14(19)15(10-17)7-3-2-4-8-15/h5-6,9H,2-4,7-8H2,1H3,(H,18,19). The number of aryl methyl sites for hydroxylation is 1. The van der Waals surface area contributed by atoms with E-state index in [4.69, 9.17) is 11.6 Å². The maximum Gasteiger partial charge on any atom is 0.244 e. The van der Waals surface area contributed by atoms with Gasteiger partial charge in [0, 0.05) is 0 Å². The SMILES string of the molecule is Cc1ccc(Cl)c(NC(=O)C2(C#N)CCCCC2)c1. The summed E-state index contributed by atoms with van der Waals surface area (Å²) in [6, 6.07) is 7.69. The van der Waals surface area contributed by atoms with E-state index in [1.807, 2.05) is 19.1 Å². The maximum absolute atomic E-state index is 12.4. The first-order valence-electron chi connectivity index (χ1n) is 6.56. The Morgan fingerprint density at radius 3 is 2.68 bits per heavy atom. The Bertz CT molecular complexity index is 527. The van der Waals surface area contributed by atoms with Crippen LogP contribution in [0.15, 0.2) is 18.2 Å². The molecule has 0 spiro atoms. The van der Waals surface area contributed by atoms with E-state index in [1.165, 1.54) is 0 Å². The Balaban J connectivity index is 2.20. The van der Waals surface area contributed by atoms with E-state index in [2.05, 4.69) is 11.4 Å². The van der Waals surface area contributed by atoms with Gasteiger partial charge in [0.2, 0.25) is 5.91 Å². The molecule has 1 N–H and O–H groups in total. The van der Waals surface area contributed by atoms with E-state index >= 15 is 0 Å². The highest BCUT2D eigenvalue weighted by Crippen LogP contribution is 2.37. The van der Waals surface area contributed by atoms with Gasteiger partial charge in [-0.3, -0.25) is 4.79 Å². The number of nitrogens with zero attached hydrogens (tertiary/aromatic N) is 1. The Kier molecular flexibility index (Phi) is 4.11. The van der Waals surface area contributed by atoms with Gasteiger partial charge in [-0.1, -0.05) is 36.9 Å². The van der Waals surface area contributed by atoms with Crippen molar-refractivity contribution in [2.75, 3.05) is 5.32 Å². The third-order valence-corrected chi connectivity index (χ3v) is 4.06. The lowest BCUT2D eigenvalue weighted by Gasteiger charge is -2.29. The number of hydrogen-bond donors (Lipinski definition) is 1. The second-order valence-corrected chi connectivity index (χ2v) is 5.60. The van der Waals surface area contributed by atoms with Gasteiger partial charge in [0.1, 0.15) is 5.41 Å². The maximum atomic E-state index is 12.4. The van der Waals surface area contributed by atoms with Crippen molar-refractivity contribution in [1.82, 2.24) is 0 Å². The second-order valence-electron chi connectivity index (χ2n) is 5.19. The molecular formula is C15H17ClN2O. The number of carbonyl (C=O) groups is 1. The van der Waals surface area contributed by atoms with Crippen LogP contribution in [0.1, 0.15) is 37.7 Å². The van der Waals surface area contributed by atoms with Crippen molar-refractivity contribution in [2.45, 2.75) is 39.0 Å². The molecule has 0 aromatic heterocycles. The summed E-state index contributed by atoms with van der Waals surface area (Å²) in [6.45, 7) is 1.94. The highest BCUT2D eigenvalue weighted by atomic mass is 35.5. The highest BCUT2D eigenvalue weighted by Gasteiger charge is 2.39. The van der Waals surface area contributed by atoms with Gasteiger partial charge < -0.3 is 5.32 Å². The Hall–Kier alpha value is -1.53. The van der Waals surface area contributed by atoms with Crippen molar-refractivity contribution in [3.05, 3.63) is 28.8 Å². The summed E-state index contributed by atoms with van der Waals surface area (Å²) in [5.41, 5.74) is 0.729. The van der Waals surface area contributed by atoms with Gasteiger partial charge in [0.05, 0.1) is 16.8 Å². The molecule has 2 rings (SSSR count). The molecule has 0 saturated heterocycles. The van der Waals surface area contributed by atoms with Crippen molar-refractivity contribution in [3.8, 4) is 6.07 Å². The van der Waals surface area contributed by atoms with Crippen molar-refractivity contribution in [1.29, 1.82) is 5.26 Å². The molecule has 1 aliphatic carbocycles. The third-order valence-electron chi connectivity index (χ3n) is 3.73. The molecule has 1 aliphatic rings. The van der Waals surface area contributed by atoms with Crippen LogP contribution < -0.4 is 5.32 Å². The minimum atomic E-state index is -0.884. The summed E-state index contributed by atoms with van der Waals surface area (Å²) in [6.07, 6.45) is 4.24. The average molecular weight is 277 g/mol. The first-order valence-corrected chi connectivity index (χ1v) is 6.94. The van der Waals surface area contributed by atoms with Crippen LogP contribution in [0.5, 0.6) is 0 Å². The lowest BCUT2D eigenvalue weighted by molar-refractivity contribution is -0.124. The molecule has 19 heavy (non-hydrogen) atoms. The van der Waals surface area contributed by atoms with Gasteiger partial charge >= 0.3 is 0 Å². The molecular weight excluding hydrogens is 260 g/mol. The molecule has 1 amide bonds. The van der Waals surface area contributed by atoms with Gasteiger partial charge in [0.25, 0.3) is 0 Å². The minimum Gasteiger partial charge on any atom is -0.323 e. The van der Waals surface area contributed by atoms with Crippen LogP contribution >= 0.6 is 11.6 Å². The molecule has 0 bridgehead atoms. The number of anilines is 1. The fourth-order valence-corrected chi connectivity index (χ4v) is 2.69. The zero-order valence-corrected chi connectivity index (χ0v) is 11.8. The summed E-state index contributed by atoms with van der Waals surface area (Å²) in [4.78, 5) is 12.4. The van der Waals surface area contributed by atoms with Crippen molar-refractivity contribution in [2.24, 2.45) is 5.41 Å². The number of halogens is 1. The first-order chi connectivity index (χ1) is 9.07. The predicted molar refractivity (Wildman–Crippen MR) is 75.9 cm³/mol. The van der Waals surface area contributed by atoms with Crippen molar-refractivity contribution in [3.63, 3.8) is 0 Å². The highest BCUT2D eigenvalue weighted by molar-refractivity contribution is 6.33. The normalized spacial score (nSPS) is 17.5. The zero-order chi connectivity index (χ0) is 13.9. The molecule has 1 aromatic rings. The molecule has 0 heterocycles. The molecule has 3 nitrogen and oxygen atoms in total. The summed E-state index contributed by atoms with van der Waals surface area (Å²) < 4.78 is 0. The predicted octanol–water partition coefficient (Wildman–Crippen LogP) is 4.06. The average Bonchev–Trinajstić information content (AvgIpc) is 2.43. The van der Waals surface area contributed by atoms with Crippen molar-refractivity contribution >= 4 is 23.2 Å². The van der Waals surface area contributed by atoms with E-state index in [0.717, 1.165) is 24.8 Å². The van der Waals surface area contributed by atoms with Crippen LogP contribution in [-0.4, -0.2) is 5.91 Å². The summed E-state index contributed by atoms with van der Waals surface area (Å²) >= 11 is 6.07. The first kappa shape index (κ1) is 13.9. The van der Waals surface area contributed by atoms with E-state index in [0.29, 0.717) is 23.6 Å². The third kappa shape index (κ3) is 2.90. The number of amides is 1. The smallest absolute Gasteiger partial charge is 0.244 e. The molecule has 1 saturated carbocycles. The van der Waals surface area contributed by atoms with Gasteiger partial charge in [-0.15, -0.1) is 0 Å². The molecule has 100 valence electrons. The second kappa shape index (κ2) is 5.63. The van der Waals surface area contributed by atoms with Crippen LogP contribution in [0.2, 0.25) is 5.02 Å². The summed E-state index contributed by atoms with van der Waals surface area (Å²) in [5.74, 6) is -0.220. The van der Waals surface area contributed by atoms with Crippen LogP contribution in [0.25, 0.3) is 0 Å². The van der Waals surface area contributed by atoms with Crippen LogP contribution in [-0.2, 0) is 4.79 Å². The Morgan fingerprint density at radius 1 is 1.37 bits per heavy atom. The molecule has 0 atom stereocenters. The van der Waals surface area contributed by atoms with E-state index in [9.17, 15) is 10.1 Å². The van der Waals surface area contributed by atoms with Gasteiger partial charge in [-0.25, -0.2) is 0 Å². The topological polar surface area (TPSA) is 52.9 Å². The Morgan fingerprint density at radius 2 is 2.05 bits per heavy atom. The number of benzene rings is 1. The number of hydrogen-bond acceptors (Lipinski definition) is 2. The molecule has 0 unspecified atom stereocenters. The quantitative estimate of drug-likeness (QED) is 0.885. The molecule has 4 heteroatoms. The molecule has 1 fully saturated rings. The monoisotopic (exact) mass is 276 g/mol.